The third kappa shape index (κ3) is 3.45. The smallest absolute Gasteiger partial charge is 0.152 e. The molecule has 26 heavy (non-hydrogen) atoms. The lowest BCUT2D eigenvalue weighted by Crippen LogP contribution is -2.46. The van der Waals surface area contributed by atoms with Gasteiger partial charge in [0.1, 0.15) is 5.82 Å². The average Bonchev–Trinajstić information content (AvgIpc) is 3.11. The van der Waals surface area contributed by atoms with Crippen LogP contribution in [0.4, 0.5) is 10.1 Å². The minimum atomic E-state index is -0.152. The molecule has 0 spiro atoms. The largest absolute Gasteiger partial charge is 0.367 e. The van der Waals surface area contributed by atoms with E-state index in [9.17, 15) is 4.39 Å². The summed E-state index contributed by atoms with van der Waals surface area (Å²) in [5, 5.41) is 0.495. The van der Waals surface area contributed by atoms with Crippen LogP contribution in [0.5, 0.6) is 0 Å². The number of nitrogens with zero attached hydrogens (tertiary/aromatic N) is 4. The maximum absolute atomic E-state index is 14.0. The summed E-state index contributed by atoms with van der Waals surface area (Å²) >= 11 is 6.24. The molecular formula is C20H20ClFN4. The Morgan fingerprint density at radius 1 is 0.923 bits per heavy atom. The molecule has 3 aromatic rings. The minimum Gasteiger partial charge on any atom is -0.367 e. The number of piperazine rings is 1. The highest BCUT2D eigenvalue weighted by molar-refractivity contribution is 6.31. The quantitative estimate of drug-likeness (QED) is 0.649. The van der Waals surface area contributed by atoms with Gasteiger partial charge in [-0.15, -0.1) is 0 Å². The second kappa shape index (κ2) is 7.48. The van der Waals surface area contributed by atoms with Gasteiger partial charge < -0.3 is 9.47 Å². The van der Waals surface area contributed by atoms with E-state index in [1.54, 1.807) is 12.3 Å². The van der Waals surface area contributed by atoms with Crippen molar-refractivity contribution in [1.82, 2.24) is 14.5 Å². The number of hydrogen-bond acceptors (Lipinski definition) is 3. The molecule has 4 rings (SSSR count). The van der Waals surface area contributed by atoms with Crippen LogP contribution in [-0.4, -0.2) is 40.6 Å². The van der Waals surface area contributed by atoms with Gasteiger partial charge in [0.2, 0.25) is 0 Å². The van der Waals surface area contributed by atoms with Crippen molar-refractivity contribution in [1.29, 1.82) is 0 Å². The van der Waals surface area contributed by atoms with Crippen molar-refractivity contribution in [2.75, 3.05) is 31.1 Å². The van der Waals surface area contributed by atoms with E-state index in [0.29, 0.717) is 10.8 Å². The van der Waals surface area contributed by atoms with E-state index >= 15 is 0 Å². The molecule has 0 aliphatic carbocycles. The van der Waals surface area contributed by atoms with Gasteiger partial charge in [0.25, 0.3) is 0 Å². The number of anilines is 1. The number of para-hydroxylation sites is 1. The van der Waals surface area contributed by atoms with Gasteiger partial charge in [0, 0.05) is 50.8 Å². The zero-order valence-electron chi connectivity index (χ0n) is 14.4. The van der Waals surface area contributed by atoms with Gasteiger partial charge in [-0.2, -0.15) is 0 Å². The second-order valence-corrected chi connectivity index (χ2v) is 6.76. The van der Waals surface area contributed by atoms with Crippen molar-refractivity contribution in [2.24, 2.45) is 0 Å². The molecule has 1 fully saturated rings. The van der Waals surface area contributed by atoms with E-state index in [-0.39, 0.29) is 5.82 Å². The fourth-order valence-electron chi connectivity index (χ4n) is 3.42. The molecule has 0 saturated carbocycles. The lowest BCUT2D eigenvalue weighted by Gasteiger charge is -2.36. The summed E-state index contributed by atoms with van der Waals surface area (Å²) in [7, 11) is 0. The first-order valence-corrected chi connectivity index (χ1v) is 9.09. The third-order valence-corrected chi connectivity index (χ3v) is 5.07. The lowest BCUT2D eigenvalue weighted by molar-refractivity contribution is 0.245. The van der Waals surface area contributed by atoms with Gasteiger partial charge in [-0.1, -0.05) is 23.7 Å². The molecular weight excluding hydrogens is 351 g/mol. The number of benzene rings is 1. The first kappa shape index (κ1) is 17.1. The number of rotatable bonds is 4. The molecule has 0 unspecified atom stereocenters. The fourth-order valence-corrected chi connectivity index (χ4v) is 3.63. The van der Waals surface area contributed by atoms with Crippen LogP contribution in [0.15, 0.2) is 60.9 Å². The van der Waals surface area contributed by atoms with Crippen molar-refractivity contribution in [2.45, 2.75) is 6.54 Å². The van der Waals surface area contributed by atoms with E-state index in [2.05, 4.69) is 25.4 Å². The molecule has 1 aromatic carbocycles. The fraction of sp³-hybridized carbons (Fsp3) is 0.250. The summed E-state index contributed by atoms with van der Waals surface area (Å²) in [5.74, 6) is -0.152. The summed E-state index contributed by atoms with van der Waals surface area (Å²) in [5.41, 5.74) is 2.75. The zero-order chi connectivity index (χ0) is 17.9. The van der Waals surface area contributed by atoms with Crippen LogP contribution in [-0.2, 0) is 6.54 Å². The summed E-state index contributed by atoms with van der Waals surface area (Å²) in [6.07, 6.45) is 3.70. The zero-order valence-corrected chi connectivity index (χ0v) is 15.1. The van der Waals surface area contributed by atoms with Crippen molar-refractivity contribution in [3.8, 4) is 5.69 Å². The van der Waals surface area contributed by atoms with Gasteiger partial charge in [0.05, 0.1) is 11.4 Å². The molecule has 2 aromatic heterocycles. The second-order valence-electron chi connectivity index (χ2n) is 6.40. The van der Waals surface area contributed by atoms with Crippen molar-refractivity contribution < 1.29 is 4.39 Å². The molecule has 1 saturated heterocycles. The Morgan fingerprint density at radius 2 is 1.69 bits per heavy atom. The highest BCUT2D eigenvalue weighted by Gasteiger charge is 2.20. The van der Waals surface area contributed by atoms with Crippen LogP contribution in [0.3, 0.4) is 0 Å². The van der Waals surface area contributed by atoms with Crippen molar-refractivity contribution in [3.63, 3.8) is 0 Å². The predicted molar refractivity (Wildman–Crippen MR) is 102 cm³/mol. The lowest BCUT2D eigenvalue weighted by atomic mass is 10.2. The van der Waals surface area contributed by atoms with Crippen molar-refractivity contribution >= 4 is 17.3 Å². The van der Waals surface area contributed by atoms with Crippen LogP contribution in [0.1, 0.15) is 5.69 Å². The van der Waals surface area contributed by atoms with Crippen molar-refractivity contribution in [3.05, 3.63) is 77.6 Å². The Kier molecular flexibility index (Phi) is 4.91. The molecule has 0 amide bonds. The van der Waals surface area contributed by atoms with Crippen LogP contribution >= 0.6 is 11.6 Å². The molecule has 0 N–H and O–H groups in total. The number of aromatic nitrogens is 2. The first-order chi connectivity index (χ1) is 12.7. The monoisotopic (exact) mass is 370 g/mol. The van der Waals surface area contributed by atoms with E-state index < -0.39 is 0 Å². The number of pyridine rings is 1. The summed E-state index contributed by atoms with van der Waals surface area (Å²) in [6.45, 7) is 4.23. The Bertz CT molecular complexity index is 887. The molecule has 3 heterocycles. The summed E-state index contributed by atoms with van der Waals surface area (Å²) in [6, 6.07) is 15.0. The molecule has 4 nitrogen and oxygen atoms in total. The summed E-state index contributed by atoms with van der Waals surface area (Å²) < 4.78 is 16.1. The number of hydrogen-bond donors (Lipinski definition) is 0. The SMILES string of the molecule is Fc1ccccc1N1CCN(Cc2cccn2-c2cccnc2Cl)CC1. The highest BCUT2D eigenvalue weighted by atomic mass is 35.5. The van der Waals surface area contributed by atoms with Crippen LogP contribution < -0.4 is 4.90 Å². The van der Waals surface area contributed by atoms with Crippen LogP contribution in [0, 0.1) is 5.82 Å². The molecule has 1 aliphatic rings. The van der Waals surface area contributed by atoms with Gasteiger partial charge >= 0.3 is 0 Å². The third-order valence-electron chi connectivity index (χ3n) is 4.78. The Hall–Kier alpha value is -2.37. The normalized spacial score (nSPS) is 15.4. The first-order valence-electron chi connectivity index (χ1n) is 8.71. The molecule has 1 aliphatic heterocycles. The van der Waals surface area contributed by atoms with E-state index in [4.69, 9.17) is 11.6 Å². The number of halogens is 2. The Balaban J connectivity index is 1.44. The molecule has 0 atom stereocenters. The van der Waals surface area contributed by atoms with Gasteiger partial charge in [-0.3, -0.25) is 4.90 Å². The topological polar surface area (TPSA) is 24.3 Å². The van der Waals surface area contributed by atoms with Crippen LogP contribution in [0.25, 0.3) is 5.69 Å². The Morgan fingerprint density at radius 3 is 2.46 bits per heavy atom. The molecule has 0 bridgehead atoms. The van der Waals surface area contributed by atoms with E-state index in [1.807, 2.05) is 36.5 Å². The maximum Gasteiger partial charge on any atom is 0.152 e. The average molecular weight is 371 g/mol. The van der Waals surface area contributed by atoms with E-state index in [0.717, 1.165) is 38.4 Å². The van der Waals surface area contributed by atoms with Gasteiger partial charge in [-0.05, 0) is 36.4 Å². The maximum atomic E-state index is 14.0. The molecule has 0 radical (unpaired) electrons. The minimum absolute atomic E-state index is 0.152. The standard InChI is InChI=1S/C20H20ClFN4/c21-20-19(8-3-9-23-20)26-10-4-5-16(26)15-24-11-13-25(14-12-24)18-7-2-1-6-17(18)22/h1-10H,11-15H2. The van der Waals surface area contributed by atoms with Gasteiger partial charge in [-0.25, -0.2) is 9.37 Å². The van der Waals surface area contributed by atoms with Crippen LogP contribution in [0.2, 0.25) is 5.15 Å². The van der Waals surface area contributed by atoms with Gasteiger partial charge in [0.15, 0.2) is 5.15 Å². The highest BCUT2D eigenvalue weighted by Crippen LogP contribution is 2.23. The van der Waals surface area contributed by atoms with E-state index in [1.165, 1.54) is 11.8 Å². The molecule has 6 heteroatoms. The predicted octanol–water partition coefficient (Wildman–Crippen LogP) is 3.99. The Labute approximate surface area is 157 Å². The summed E-state index contributed by atoms with van der Waals surface area (Å²) in [4.78, 5) is 8.66. The molecule has 134 valence electrons.